The second kappa shape index (κ2) is 9.03. The van der Waals surface area contributed by atoms with Gasteiger partial charge in [-0.3, -0.25) is 0 Å². The van der Waals surface area contributed by atoms with E-state index in [4.69, 9.17) is 18.9 Å². The van der Waals surface area contributed by atoms with Crippen LogP contribution in [0.15, 0.2) is 36.4 Å². The fourth-order valence-electron chi connectivity index (χ4n) is 2.47. The van der Waals surface area contributed by atoms with Crippen LogP contribution in [0.2, 0.25) is 0 Å². The van der Waals surface area contributed by atoms with Gasteiger partial charge in [0.25, 0.3) is 0 Å². The van der Waals surface area contributed by atoms with E-state index in [0.717, 1.165) is 16.8 Å². The number of benzene rings is 2. The summed E-state index contributed by atoms with van der Waals surface area (Å²) in [5.41, 5.74) is 3.22. The highest BCUT2D eigenvalue weighted by atomic mass is 16.5. The molecule has 0 unspecified atom stereocenters. The molecule has 5 nitrogen and oxygen atoms in total. The third-order valence-electron chi connectivity index (χ3n) is 3.69. The zero-order chi connectivity index (χ0) is 17.4. The van der Waals surface area contributed by atoms with Crippen LogP contribution < -0.4 is 19.5 Å². The molecule has 0 aliphatic heterocycles. The number of methoxy groups -OCH3 is 3. The molecule has 1 N–H and O–H groups in total. The minimum absolute atomic E-state index is 0.592. The predicted molar refractivity (Wildman–Crippen MR) is 95.2 cm³/mol. The molecule has 0 aliphatic carbocycles. The van der Waals surface area contributed by atoms with E-state index in [9.17, 15) is 0 Å². The summed E-state index contributed by atoms with van der Waals surface area (Å²) < 4.78 is 21.7. The lowest BCUT2D eigenvalue weighted by molar-refractivity contribution is 0.134. The van der Waals surface area contributed by atoms with Crippen molar-refractivity contribution in [1.82, 2.24) is 0 Å². The fraction of sp³-hybridized carbons (Fsp3) is 0.368. The van der Waals surface area contributed by atoms with E-state index >= 15 is 0 Å². The van der Waals surface area contributed by atoms with Gasteiger partial charge >= 0.3 is 0 Å². The molecule has 0 aliphatic rings. The molecule has 5 heteroatoms. The minimum atomic E-state index is 0.592. The van der Waals surface area contributed by atoms with E-state index < -0.39 is 0 Å². The topological polar surface area (TPSA) is 49.0 Å². The maximum absolute atomic E-state index is 5.52. The molecule has 0 fully saturated rings. The number of hydrogen-bond donors (Lipinski definition) is 1. The monoisotopic (exact) mass is 331 g/mol. The van der Waals surface area contributed by atoms with Gasteiger partial charge in [-0.2, -0.15) is 0 Å². The second-order valence-corrected chi connectivity index (χ2v) is 5.18. The van der Waals surface area contributed by atoms with E-state index in [-0.39, 0.29) is 0 Å². The van der Waals surface area contributed by atoms with Gasteiger partial charge in [0.15, 0.2) is 11.5 Å². The minimum Gasteiger partial charge on any atom is -0.493 e. The number of anilines is 1. The number of hydrogen-bond acceptors (Lipinski definition) is 5. The Hall–Kier alpha value is -2.40. The smallest absolute Gasteiger partial charge is 0.203 e. The molecule has 2 rings (SSSR count). The molecule has 130 valence electrons. The standard InChI is InChI=1S/C19H25NO4/c1-5-24-13-15-8-6-7-9-16(15)20-12-14-10-17(21-2)19(23-4)18(11-14)22-3/h6-11,20H,5,12-13H2,1-4H3. The Morgan fingerprint density at radius 2 is 1.58 bits per heavy atom. The summed E-state index contributed by atoms with van der Waals surface area (Å²) in [6.45, 7) is 3.92. The highest BCUT2D eigenvalue weighted by molar-refractivity contribution is 5.56. The number of rotatable bonds is 9. The summed E-state index contributed by atoms with van der Waals surface area (Å²) in [5.74, 6) is 1.90. The van der Waals surface area contributed by atoms with Gasteiger partial charge in [-0.15, -0.1) is 0 Å². The van der Waals surface area contributed by atoms with Crippen LogP contribution >= 0.6 is 0 Å². The van der Waals surface area contributed by atoms with Gasteiger partial charge in [0.05, 0.1) is 27.9 Å². The van der Waals surface area contributed by atoms with Crippen molar-refractivity contribution >= 4 is 5.69 Å². The fourth-order valence-corrected chi connectivity index (χ4v) is 2.47. The van der Waals surface area contributed by atoms with Gasteiger partial charge in [0.2, 0.25) is 5.75 Å². The summed E-state index contributed by atoms with van der Waals surface area (Å²) >= 11 is 0. The van der Waals surface area contributed by atoms with Crippen LogP contribution in [0.1, 0.15) is 18.1 Å². The van der Waals surface area contributed by atoms with Crippen molar-refractivity contribution in [2.45, 2.75) is 20.1 Å². The van der Waals surface area contributed by atoms with Crippen LogP contribution in [0, 0.1) is 0 Å². The summed E-state index contributed by atoms with van der Waals surface area (Å²) in [5, 5.41) is 3.45. The summed E-state index contributed by atoms with van der Waals surface area (Å²) in [4.78, 5) is 0. The maximum atomic E-state index is 5.52. The molecule has 0 radical (unpaired) electrons. The van der Waals surface area contributed by atoms with Gasteiger partial charge in [-0.05, 0) is 30.7 Å². The Balaban J connectivity index is 2.17. The lowest BCUT2D eigenvalue weighted by atomic mass is 10.1. The van der Waals surface area contributed by atoms with E-state index in [0.29, 0.717) is 37.0 Å². The first-order valence-corrected chi connectivity index (χ1v) is 7.91. The van der Waals surface area contributed by atoms with Crippen molar-refractivity contribution in [3.8, 4) is 17.2 Å². The lowest BCUT2D eigenvalue weighted by Gasteiger charge is -2.16. The van der Waals surface area contributed by atoms with Crippen molar-refractivity contribution in [2.75, 3.05) is 33.3 Å². The Bertz CT molecular complexity index is 633. The van der Waals surface area contributed by atoms with Crippen LogP contribution in [0.3, 0.4) is 0 Å². The normalized spacial score (nSPS) is 10.3. The third-order valence-corrected chi connectivity index (χ3v) is 3.69. The van der Waals surface area contributed by atoms with Gasteiger partial charge in [0, 0.05) is 24.4 Å². The number of nitrogens with one attached hydrogen (secondary N) is 1. The first kappa shape index (κ1) is 17.9. The van der Waals surface area contributed by atoms with Crippen LogP contribution in [-0.2, 0) is 17.9 Å². The van der Waals surface area contributed by atoms with Crippen molar-refractivity contribution < 1.29 is 18.9 Å². The van der Waals surface area contributed by atoms with Crippen LogP contribution in [0.5, 0.6) is 17.2 Å². The molecule has 0 atom stereocenters. The van der Waals surface area contributed by atoms with E-state index in [2.05, 4.69) is 11.4 Å². The number of para-hydroxylation sites is 1. The quantitative estimate of drug-likeness (QED) is 0.756. The zero-order valence-electron chi connectivity index (χ0n) is 14.7. The zero-order valence-corrected chi connectivity index (χ0v) is 14.7. The van der Waals surface area contributed by atoms with Crippen LogP contribution in [-0.4, -0.2) is 27.9 Å². The molecule has 0 amide bonds. The average Bonchev–Trinajstić information content (AvgIpc) is 2.64. The summed E-state index contributed by atoms with van der Waals surface area (Å²) in [7, 11) is 4.83. The highest BCUT2D eigenvalue weighted by Gasteiger charge is 2.13. The van der Waals surface area contributed by atoms with E-state index in [1.165, 1.54) is 0 Å². The van der Waals surface area contributed by atoms with Crippen LogP contribution in [0.4, 0.5) is 5.69 Å². The van der Waals surface area contributed by atoms with Crippen molar-refractivity contribution in [2.24, 2.45) is 0 Å². The molecule has 0 saturated carbocycles. The first-order chi connectivity index (χ1) is 11.7. The number of ether oxygens (including phenoxy) is 4. The molecule has 24 heavy (non-hydrogen) atoms. The molecular formula is C19H25NO4. The van der Waals surface area contributed by atoms with Gasteiger partial charge < -0.3 is 24.3 Å². The van der Waals surface area contributed by atoms with Gasteiger partial charge in [0.1, 0.15) is 0 Å². The molecule has 2 aromatic carbocycles. The third kappa shape index (κ3) is 4.32. The highest BCUT2D eigenvalue weighted by Crippen LogP contribution is 2.38. The Kier molecular flexibility index (Phi) is 6.75. The molecule has 2 aromatic rings. The molecule has 0 saturated heterocycles. The molecule has 0 aromatic heterocycles. The largest absolute Gasteiger partial charge is 0.493 e. The summed E-state index contributed by atoms with van der Waals surface area (Å²) in [6.07, 6.45) is 0. The lowest BCUT2D eigenvalue weighted by Crippen LogP contribution is -2.05. The second-order valence-electron chi connectivity index (χ2n) is 5.18. The molecular weight excluding hydrogens is 306 g/mol. The predicted octanol–water partition coefficient (Wildman–Crippen LogP) is 3.86. The Labute approximate surface area is 143 Å². The van der Waals surface area contributed by atoms with E-state index in [1.54, 1.807) is 21.3 Å². The SMILES string of the molecule is CCOCc1ccccc1NCc1cc(OC)c(OC)c(OC)c1. The van der Waals surface area contributed by atoms with Crippen molar-refractivity contribution in [3.63, 3.8) is 0 Å². The van der Waals surface area contributed by atoms with Crippen molar-refractivity contribution in [1.29, 1.82) is 0 Å². The Morgan fingerprint density at radius 3 is 2.17 bits per heavy atom. The summed E-state index contributed by atoms with van der Waals surface area (Å²) in [6, 6.07) is 12.0. The first-order valence-electron chi connectivity index (χ1n) is 7.91. The van der Waals surface area contributed by atoms with Gasteiger partial charge in [-0.1, -0.05) is 18.2 Å². The Morgan fingerprint density at radius 1 is 0.917 bits per heavy atom. The van der Waals surface area contributed by atoms with Crippen LogP contribution in [0.25, 0.3) is 0 Å². The maximum Gasteiger partial charge on any atom is 0.203 e. The average molecular weight is 331 g/mol. The molecule has 0 bridgehead atoms. The van der Waals surface area contributed by atoms with E-state index in [1.807, 2.05) is 37.3 Å². The molecule has 0 heterocycles. The van der Waals surface area contributed by atoms with Gasteiger partial charge in [-0.25, -0.2) is 0 Å². The van der Waals surface area contributed by atoms with Crippen molar-refractivity contribution in [3.05, 3.63) is 47.5 Å². The molecule has 0 spiro atoms.